The normalized spacial score (nSPS) is 18.3. The molecule has 1 fully saturated rings. The van der Waals surface area contributed by atoms with Crippen molar-refractivity contribution in [2.24, 2.45) is 0 Å². The van der Waals surface area contributed by atoms with Crippen LogP contribution in [0.1, 0.15) is 22.1 Å². The molecule has 3 rings (SSSR count). The number of benzene rings is 2. The summed E-state index contributed by atoms with van der Waals surface area (Å²) in [7, 11) is 0. The van der Waals surface area contributed by atoms with Crippen molar-refractivity contribution in [3.63, 3.8) is 0 Å². The van der Waals surface area contributed by atoms with E-state index in [1.807, 2.05) is 31.2 Å². The first-order valence-electron chi connectivity index (χ1n) is 6.87. The second-order valence-electron chi connectivity index (χ2n) is 5.13. The van der Waals surface area contributed by atoms with E-state index in [1.54, 1.807) is 34.9 Å². The van der Waals surface area contributed by atoms with Crippen LogP contribution in [0.15, 0.2) is 48.5 Å². The fraction of sp³-hybridized carbons (Fsp3) is 0.235. The van der Waals surface area contributed by atoms with Crippen LogP contribution in [-0.4, -0.2) is 16.6 Å². The summed E-state index contributed by atoms with van der Waals surface area (Å²) in [6.45, 7) is 2.36. The van der Waals surface area contributed by atoms with E-state index in [0.29, 0.717) is 17.9 Å². The molecule has 1 heterocycles. The minimum atomic E-state index is -0.259. The first-order valence-corrected chi connectivity index (χ1v) is 7.91. The summed E-state index contributed by atoms with van der Waals surface area (Å²) in [6.07, 6.45) is 0. The molecule has 2 aromatic rings. The van der Waals surface area contributed by atoms with Gasteiger partial charge in [0.2, 0.25) is 5.91 Å². The quantitative estimate of drug-likeness (QED) is 0.856. The Labute approximate surface area is 128 Å². The molecule has 0 radical (unpaired) electrons. The Balaban J connectivity index is 1.90. The molecule has 0 bridgehead atoms. The molecule has 108 valence electrons. The lowest BCUT2D eigenvalue weighted by Crippen LogP contribution is -2.28. The molecule has 1 unspecified atom stereocenters. The number of aryl methyl sites for hydroxylation is 1. The molecule has 1 atom stereocenters. The van der Waals surface area contributed by atoms with Crippen molar-refractivity contribution in [3.8, 4) is 0 Å². The molecule has 2 nitrogen and oxygen atoms in total. The van der Waals surface area contributed by atoms with E-state index in [4.69, 9.17) is 0 Å². The summed E-state index contributed by atoms with van der Waals surface area (Å²) >= 11 is 1.60. The Kier molecular flexibility index (Phi) is 3.97. The van der Waals surface area contributed by atoms with Crippen molar-refractivity contribution in [2.45, 2.75) is 18.8 Å². The molecule has 0 spiro atoms. The lowest BCUT2D eigenvalue weighted by Gasteiger charge is -2.25. The van der Waals surface area contributed by atoms with E-state index >= 15 is 0 Å². The number of hydrogen-bond acceptors (Lipinski definition) is 2. The van der Waals surface area contributed by atoms with Gasteiger partial charge < -0.3 is 4.90 Å². The SMILES string of the molecule is Cc1ccccc1C1SCC(=O)N1Cc1ccccc1F. The van der Waals surface area contributed by atoms with Crippen LogP contribution in [0.3, 0.4) is 0 Å². The van der Waals surface area contributed by atoms with Gasteiger partial charge in [-0.05, 0) is 24.1 Å². The number of carbonyl (C=O) groups is 1. The van der Waals surface area contributed by atoms with Crippen LogP contribution >= 0.6 is 11.8 Å². The summed E-state index contributed by atoms with van der Waals surface area (Å²) in [5, 5.41) is -0.0293. The molecule has 1 aliphatic heterocycles. The van der Waals surface area contributed by atoms with E-state index in [2.05, 4.69) is 0 Å². The molecule has 1 amide bonds. The fourth-order valence-electron chi connectivity index (χ4n) is 2.56. The van der Waals surface area contributed by atoms with Crippen molar-refractivity contribution in [3.05, 3.63) is 71.0 Å². The van der Waals surface area contributed by atoms with E-state index in [1.165, 1.54) is 6.07 Å². The molecule has 0 saturated carbocycles. The molecule has 21 heavy (non-hydrogen) atoms. The Bertz CT molecular complexity index is 673. The van der Waals surface area contributed by atoms with Gasteiger partial charge in [0.1, 0.15) is 11.2 Å². The average molecular weight is 301 g/mol. The van der Waals surface area contributed by atoms with Gasteiger partial charge in [0.15, 0.2) is 0 Å². The van der Waals surface area contributed by atoms with Crippen LogP contribution < -0.4 is 0 Å². The highest BCUT2D eigenvalue weighted by atomic mass is 32.2. The highest BCUT2D eigenvalue weighted by Crippen LogP contribution is 2.40. The minimum absolute atomic E-state index is 0.0293. The molecular formula is C17H16FNOS. The van der Waals surface area contributed by atoms with Crippen LogP contribution in [0.25, 0.3) is 0 Å². The summed E-state index contributed by atoms with van der Waals surface area (Å²) < 4.78 is 13.8. The molecular weight excluding hydrogens is 285 g/mol. The Hall–Kier alpha value is -1.81. The Morgan fingerprint density at radius 3 is 2.67 bits per heavy atom. The van der Waals surface area contributed by atoms with Gasteiger partial charge in [-0.15, -0.1) is 11.8 Å². The van der Waals surface area contributed by atoms with Gasteiger partial charge in [0.05, 0.1) is 5.75 Å². The van der Waals surface area contributed by atoms with Crippen LogP contribution in [0.2, 0.25) is 0 Å². The van der Waals surface area contributed by atoms with Crippen molar-refractivity contribution in [1.82, 2.24) is 4.90 Å². The van der Waals surface area contributed by atoms with Gasteiger partial charge in [-0.2, -0.15) is 0 Å². The summed E-state index contributed by atoms with van der Waals surface area (Å²) in [5.41, 5.74) is 2.85. The smallest absolute Gasteiger partial charge is 0.234 e. The van der Waals surface area contributed by atoms with Gasteiger partial charge in [-0.3, -0.25) is 4.79 Å². The second kappa shape index (κ2) is 5.90. The molecule has 0 N–H and O–H groups in total. The molecule has 1 saturated heterocycles. The molecule has 4 heteroatoms. The zero-order valence-corrected chi connectivity index (χ0v) is 12.6. The lowest BCUT2D eigenvalue weighted by molar-refractivity contribution is -0.128. The molecule has 2 aromatic carbocycles. The van der Waals surface area contributed by atoms with Gasteiger partial charge in [0.25, 0.3) is 0 Å². The van der Waals surface area contributed by atoms with Crippen LogP contribution in [0, 0.1) is 12.7 Å². The van der Waals surface area contributed by atoms with E-state index in [-0.39, 0.29) is 17.1 Å². The Morgan fingerprint density at radius 1 is 1.19 bits per heavy atom. The standard InChI is InChI=1S/C17H16FNOS/c1-12-6-2-4-8-14(12)17-19(16(20)11-21-17)10-13-7-3-5-9-15(13)18/h2-9,17H,10-11H2,1H3. The molecule has 1 aliphatic rings. The van der Waals surface area contributed by atoms with Crippen molar-refractivity contribution >= 4 is 17.7 Å². The number of amides is 1. The molecule has 0 aliphatic carbocycles. The third-order valence-corrected chi connectivity index (χ3v) is 4.96. The zero-order chi connectivity index (χ0) is 14.8. The van der Waals surface area contributed by atoms with Crippen molar-refractivity contribution < 1.29 is 9.18 Å². The van der Waals surface area contributed by atoms with Crippen molar-refractivity contribution in [2.75, 3.05) is 5.75 Å². The highest BCUT2D eigenvalue weighted by molar-refractivity contribution is 8.00. The maximum atomic E-state index is 13.8. The third-order valence-electron chi connectivity index (χ3n) is 3.72. The second-order valence-corrected chi connectivity index (χ2v) is 6.20. The Morgan fingerprint density at radius 2 is 1.90 bits per heavy atom. The third kappa shape index (κ3) is 2.81. The van der Waals surface area contributed by atoms with Crippen LogP contribution in [0.4, 0.5) is 4.39 Å². The zero-order valence-electron chi connectivity index (χ0n) is 11.8. The molecule has 0 aromatic heterocycles. The van der Waals surface area contributed by atoms with Crippen LogP contribution in [-0.2, 0) is 11.3 Å². The predicted molar refractivity (Wildman–Crippen MR) is 83.3 cm³/mol. The van der Waals surface area contributed by atoms with E-state index in [9.17, 15) is 9.18 Å². The first kappa shape index (κ1) is 14.1. The maximum Gasteiger partial charge on any atom is 0.234 e. The fourth-order valence-corrected chi connectivity index (χ4v) is 3.84. The van der Waals surface area contributed by atoms with E-state index in [0.717, 1.165) is 11.1 Å². The summed E-state index contributed by atoms with van der Waals surface area (Å²) in [5.74, 6) is 0.259. The summed E-state index contributed by atoms with van der Waals surface area (Å²) in [4.78, 5) is 13.9. The largest absolute Gasteiger partial charge is 0.321 e. The number of rotatable bonds is 3. The topological polar surface area (TPSA) is 20.3 Å². The minimum Gasteiger partial charge on any atom is -0.321 e. The highest BCUT2D eigenvalue weighted by Gasteiger charge is 2.33. The number of thioether (sulfide) groups is 1. The first-order chi connectivity index (χ1) is 10.2. The monoisotopic (exact) mass is 301 g/mol. The van der Waals surface area contributed by atoms with Gasteiger partial charge >= 0.3 is 0 Å². The van der Waals surface area contributed by atoms with Gasteiger partial charge in [-0.25, -0.2) is 4.39 Å². The summed E-state index contributed by atoms with van der Waals surface area (Å²) in [6, 6.07) is 14.7. The van der Waals surface area contributed by atoms with Crippen LogP contribution in [0.5, 0.6) is 0 Å². The van der Waals surface area contributed by atoms with Crippen molar-refractivity contribution in [1.29, 1.82) is 0 Å². The number of nitrogens with zero attached hydrogens (tertiary/aromatic N) is 1. The number of carbonyl (C=O) groups excluding carboxylic acids is 1. The van der Waals surface area contributed by atoms with Gasteiger partial charge in [-0.1, -0.05) is 42.5 Å². The van der Waals surface area contributed by atoms with Gasteiger partial charge in [0, 0.05) is 12.1 Å². The number of hydrogen-bond donors (Lipinski definition) is 0. The predicted octanol–water partition coefficient (Wildman–Crippen LogP) is 3.91. The maximum absolute atomic E-state index is 13.8. The number of halogens is 1. The average Bonchev–Trinajstić information content (AvgIpc) is 2.83. The van der Waals surface area contributed by atoms with E-state index < -0.39 is 0 Å². The lowest BCUT2D eigenvalue weighted by atomic mass is 10.1.